The molecule has 0 aliphatic carbocycles. The van der Waals surface area contributed by atoms with Gasteiger partial charge in [-0.3, -0.25) is 0 Å². The summed E-state index contributed by atoms with van der Waals surface area (Å²) >= 11 is 0. The van der Waals surface area contributed by atoms with Gasteiger partial charge in [-0.05, 0) is 36.3 Å². The SMILES string of the molecule is CC(C)CNCC(C)(C)CCc1ccccc1. The van der Waals surface area contributed by atoms with Crippen LogP contribution in [0.2, 0.25) is 0 Å². The molecule has 0 saturated heterocycles. The Labute approximate surface area is 107 Å². The van der Waals surface area contributed by atoms with Crippen LogP contribution in [-0.4, -0.2) is 13.1 Å². The maximum atomic E-state index is 3.56. The molecule has 0 aliphatic rings. The third-order valence-corrected chi connectivity index (χ3v) is 3.09. The Morgan fingerprint density at radius 2 is 1.76 bits per heavy atom. The monoisotopic (exact) mass is 233 g/mol. The highest BCUT2D eigenvalue weighted by Gasteiger charge is 2.17. The minimum Gasteiger partial charge on any atom is -0.316 e. The summed E-state index contributed by atoms with van der Waals surface area (Å²) in [5, 5.41) is 3.56. The number of hydrogen-bond donors (Lipinski definition) is 1. The van der Waals surface area contributed by atoms with E-state index < -0.39 is 0 Å². The van der Waals surface area contributed by atoms with Crippen LogP contribution >= 0.6 is 0 Å². The molecule has 0 radical (unpaired) electrons. The van der Waals surface area contributed by atoms with Crippen LogP contribution < -0.4 is 5.32 Å². The van der Waals surface area contributed by atoms with Gasteiger partial charge in [-0.25, -0.2) is 0 Å². The van der Waals surface area contributed by atoms with E-state index in [4.69, 9.17) is 0 Å². The second-order valence-corrected chi connectivity index (χ2v) is 6.17. The van der Waals surface area contributed by atoms with Crippen molar-refractivity contribution in [3.05, 3.63) is 35.9 Å². The standard InChI is InChI=1S/C16H27N/c1-14(2)12-17-13-16(3,4)11-10-15-8-6-5-7-9-15/h5-9,14,17H,10-13H2,1-4H3. The van der Waals surface area contributed by atoms with Gasteiger partial charge in [-0.15, -0.1) is 0 Å². The summed E-state index contributed by atoms with van der Waals surface area (Å²) in [6, 6.07) is 10.8. The molecule has 17 heavy (non-hydrogen) atoms. The first-order chi connectivity index (χ1) is 7.99. The third-order valence-electron chi connectivity index (χ3n) is 3.09. The van der Waals surface area contributed by atoms with Gasteiger partial charge in [0.25, 0.3) is 0 Å². The average Bonchev–Trinajstić information content (AvgIpc) is 2.27. The molecule has 0 heterocycles. The summed E-state index contributed by atoms with van der Waals surface area (Å²) in [6.07, 6.45) is 2.42. The maximum absolute atomic E-state index is 3.56. The Hall–Kier alpha value is -0.820. The molecule has 1 rings (SSSR count). The zero-order chi connectivity index (χ0) is 12.7. The van der Waals surface area contributed by atoms with Gasteiger partial charge in [0, 0.05) is 6.54 Å². The van der Waals surface area contributed by atoms with Crippen LogP contribution in [0.4, 0.5) is 0 Å². The summed E-state index contributed by atoms with van der Waals surface area (Å²) in [5.41, 5.74) is 1.83. The fraction of sp³-hybridized carbons (Fsp3) is 0.625. The molecule has 0 aliphatic heterocycles. The van der Waals surface area contributed by atoms with Crippen molar-refractivity contribution >= 4 is 0 Å². The van der Waals surface area contributed by atoms with Crippen molar-refractivity contribution in [3.63, 3.8) is 0 Å². The molecule has 0 amide bonds. The van der Waals surface area contributed by atoms with Gasteiger partial charge in [0.05, 0.1) is 0 Å². The van der Waals surface area contributed by atoms with E-state index in [1.165, 1.54) is 18.4 Å². The molecule has 0 bridgehead atoms. The zero-order valence-electron chi connectivity index (χ0n) is 11.8. The average molecular weight is 233 g/mol. The molecule has 0 saturated carbocycles. The van der Waals surface area contributed by atoms with Gasteiger partial charge in [-0.1, -0.05) is 58.0 Å². The molecular formula is C16H27N. The fourth-order valence-electron chi connectivity index (χ4n) is 1.92. The van der Waals surface area contributed by atoms with E-state index in [0.29, 0.717) is 5.41 Å². The summed E-state index contributed by atoms with van der Waals surface area (Å²) < 4.78 is 0. The summed E-state index contributed by atoms with van der Waals surface area (Å²) in [7, 11) is 0. The van der Waals surface area contributed by atoms with Gasteiger partial charge < -0.3 is 5.32 Å². The lowest BCUT2D eigenvalue weighted by Crippen LogP contribution is -2.32. The first kappa shape index (κ1) is 14.2. The minimum atomic E-state index is 0.380. The van der Waals surface area contributed by atoms with Gasteiger partial charge in [0.2, 0.25) is 0 Å². The van der Waals surface area contributed by atoms with E-state index >= 15 is 0 Å². The highest BCUT2D eigenvalue weighted by molar-refractivity contribution is 5.14. The molecule has 0 atom stereocenters. The van der Waals surface area contributed by atoms with Crippen LogP contribution in [0.3, 0.4) is 0 Å². The first-order valence-electron chi connectivity index (χ1n) is 6.74. The van der Waals surface area contributed by atoms with Crippen molar-refractivity contribution in [3.8, 4) is 0 Å². The molecule has 1 aromatic rings. The largest absolute Gasteiger partial charge is 0.316 e. The van der Waals surface area contributed by atoms with E-state index in [9.17, 15) is 0 Å². The van der Waals surface area contributed by atoms with Crippen LogP contribution in [-0.2, 0) is 6.42 Å². The lowest BCUT2D eigenvalue weighted by molar-refractivity contribution is 0.308. The first-order valence-corrected chi connectivity index (χ1v) is 6.74. The van der Waals surface area contributed by atoms with E-state index in [1.807, 2.05) is 0 Å². The third kappa shape index (κ3) is 6.48. The van der Waals surface area contributed by atoms with Gasteiger partial charge in [-0.2, -0.15) is 0 Å². The normalized spacial score (nSPS) is 12.1. The lowest BCUT2D eigenvalue weighted by atomic mass is 9.86. The van der Waals surface area contributed by atoms with E-state index in [2.05, 4.69) is 63.3 Å². The minimum absolute atomic E-state index is 0.380. The molecule has 1 heteroatoms. The number of aryl methyl sites for hydroxylation is 1. The maximum Gasteiger partial charge on any atom is 0.000274 e. The Bertz CT molecular complexity index is 301. The molecule has 0 aromatic heterocycles. The van der Waals surface area contributed by atoms with Crippen molar-refractivity contribution < 1.29 is 0 Å². The highest BCUT2D eigenvalue weighted by atomic mass is 14.9. The lowest BCUT2D eigenvalue weighted by Gasteiger charge is -2.25. The molecule has 0 spiro atoms. The van der Waals surface area contributed by atoms with Crippen LogP contribution in [0.1, 0.15) is 39.7 Å². The molecule has 1 N–H and O–H groups in total. The van der Waals surface area contributed by atoms with E-state index in [1.54, 1.807) is 0 Å². The highest BCUT2D eigenvalue weighted by Crippen LogP contribution is 2.21. The smallest absolute Gasteiger partial charge is 0.000274 e. The number of benzene rings is 1. The molecule has 1 aromatic carbocycles. The molecular weight excluding hydrogens is 206 g/mol. The summed E-state index contributed by atoms with van der Waals surface area (Å²) in [4.78, 5) is 0. The number of hydrogen-bond acceptors (Lipinski definition) is 1. The second-order valence-electron chi connectivity index (χ2n) is 6.17. The van der Waals surface area contributed by atoms with Crippen molar-refractivity contribution in [1.29, 1.82) is 0 Å². The Morgan fingerprint density at radius 3 is 2.35 bits per heavy atom. The Kier molecular flexibility index (Phi) is 5.70. The van der Waals surface area contributed by atoms with Crippen molar-refractivity contribution in [2.24, 2.45) is 11.3 Å². The molecule has 1 nitrogen and oxygen atoms in total. The molecule has 0 fully saturated rings. The fourth-order valence-corrected chi connectivity index (χ4v) is 1.92. The molecule has 96 valence electrons. The quantitative estimate of drug-likeness (QED) is 0.753. The predicted molar refractivity (Wildman–Crippen MR) is 76.3 cm³/mol. The van der Waals surface area contributed by atoms with Crippen molar-refractivity contribution in [2.75, 3.05) is 13.1 Å². The van der Waals surface area contributed by atoms with Crippen molar-refractivity contribution in [2.45, 2.75) is 40.5 Å². The van der Waals surface area contributed by atoms with Gasteiger partial charge >= 0.3 is 0 Å². The van der Waals surface area contributed by atoms with E-state index in [0.717, 1.165) is 19.0 Å². The van der Waals surface area contributed by atoms with Crippen molar-refractivity contribution in [1.82, 2.24) is 5.32 Å². The molecule has 0 unspecified atom stereocenters. The number of rotatable bonds is 7. The topological polar surface area (TPSA) is 12.0 Å². The Morgan fingerprint density at radius 1 is 1.12 bits per heavy atom. The van der Waals surface area contributed by atoms with Crippen LogP contribution in [0.15, 0.2) is 30.3 Å². The Balaban J connectivity index is 2.29. The van der Waals surface area contributed by atoms with Gasteiger partial charge in [0.1, 0.15) is 0 Å². The van der Waals surface area contributed by atoms with E-state index in [-0.39, 0.29) is 0 Å². The summed E-state index contributed by atoms with van der Waals surface area (Å²) in [5.74, 6) is 0.736. The van der Waals surface area contributed by atoms with Crippen LogP contribution in [0.5, 0.6) is 0 Å². The van der Waals surface area contributed by atoms with Crippen LogP contribution in [0.25, 0.3) is 0 Å². The number of nitrogens with one attached hydrogen (secondary N) is 1. The second kappa shape index (κ2) is 6.80. The summed E-state index contributed by atoms with van der Waals surface area (Å²) in [6.45, 7) is 11.4. The predicted octanol–water partition coefficient (Wildman–Crippen LogP) is 3.89. The van der Waals surface area contributed by atoms with Crippen LogP contribution in [0, 0.1) is 11.3 Å². The zero-order valence-corrected chi connectivity index (χ0v) is 11.8. The van der Waals surface area contributed by atoms with Gasteiger partial charge in [0.15, 0.2) is 0 Å².